The summed E-state index contributed by atoms with van der Waals surface area (Å²) in [4.78, 5) is 16.6. The van der Waals surface area contributed by atoms with Gasteiger partial charge in [0.05, 0.1) is 6.61 Å². The van der Waals surface area contributed by atoms with Crippen molar-refractivity contribution in [2.24, 2.45) is 5.92 Å². The van der Waals surface area contributed by atoms with Gasteiger partial charge in [-0.05, 0) is 24.0 Å². The van der Waals surface area contributed by atoms with Crippen LogP contribution in [0.25, 0.3) is 0 Å². The fourth-order valence-corrected chi connectivity index (χ4v) is 1.82. The van der Waals surface area contributed by atoms with E-state index in [1.54, 1.807) is 20.2 Å². The van der Waals surface area contributed by atoms with Crippen molar-refractivity contribution in [1.82, 2.24) is 10.3 Å². The van der Waals surface area contributed by atoms with Crippen LogP contribution in [0.3, 0.4) is 0 Å². The van der Waals surface area contributed by atoms with E-state index in [9.17, 15) is 4.79 Å². The zero-order chi connectivity index (χ0) is 15.1. The number of carbonyl (C=O) groups is 1. The van der Waals surface area contributed by atoms with Crippen molar-refractivity contribution in [3.8, 4) is 0 Å². The van der Waals surface area contributed by atoms with Gasteiger partial charge in [0.2, 0.25) is 0 Å². The molecular weight excluding hydrogens is 254 g/mol. The van der Waals surface area contributed by atoms with Crippen LogP contribution in [0, 0.1) is 5.92 Å². The van der Waals surface area contributed by atoms with Crippen LogP contribution in [-0.2, 0) is 4.74 Å². The van der Waals surface area contributed by atoms with Crippen LogP contribution in [0.1, 0.15) is 42.7 Å². The van der Waals surface area contributed by atoms with E-state index in [2.05, 4.69) is 29.5 Å². The van der Waals surface area contributed by atoms with E-state index in [0.29, 0.717) is 30.5 Å². The molecule has 0 saturated heterocycles. The van der Waals surface area contributed by atoms with Crippen molar-refractivity contribution in [3.63, 3.8) is 0 Å². The van der Waals surface area contributed by atoms with Crippen molar-refractivity contribution in [2.75, 3.05) is 32.6 Å². The third-order valence-electron chi connectivity index (χ3n) is 3.02. The molecule has 2 N–H and O–H groups in total. The van der Waals surface area contributed by atoms with E-state index in [4.69, 9.17) is 4.74 Å². The Morgan fingerprint density at radius 2 is 2.05 bits per heavy atom. The molecular formula is C15H25N3O2. The Labute approximate surface area is 121 Å². The average Bonchev–Trinajstić information content (AvgIpc) is 2.44. The molecule has 0 saturated carbocycles. The second kappa shape index (κ2) is 7.85. The lowest BCUT2D eigenvalue weighted by molar-refractivity contribution is 0.0934. The summed E-state index contributed by atoms with van der Waals surface area (Å²) < 4.78 is 5.06. The molecule has 0 fully saturated rings. The summed E-state index contributed by atoms with van der Waals surface area (Å²) in [5.74, 6) is 1.21. The number of methoxy groups -OCH3 is 1. The summed E-state index contributed by atoms with van der Waals surface area (Å²) in [6, 6.07) is 3.62. The minimum absolute atomic E-state index is 0.0752. The largest absolute Gasteiger partial charge is 0.384 e. The predicted molar refractivity (Wildman–Crippen MR) is 81.2 cm³/mol. The maximum Gasteiger partial charge on any atom is 0.251 e. The average molecular weight is 279 g/mol. The van der Waals surface area contributed by atoms with Gasteiger partial charge in [-0.3, -0.25) is 4.79 Å². The lowest BCUT2D eigenvalue weighted by atomic mass is 10.1. The van der Waals surface area contributed by atoms with E-state index in [-0.39, 0.29) is 11.8 Å². The van der Waals surface area contributed by atoms with Crippen molar-refractivity contribution < 1.29 is 9.53 Å². The standard InChI is InChI=1S/C15H25N3O2/c1-10(2)13-6-12(7-14(16-4)18-13)15(19)17-8-11(3)9-20-5/h6-7,10-11H,8-9H2,1-5H3,(H,16,18)(H,17,19). The number of ether oxygens (including phenoxy) is 1. The van der Waals surface area contributed by atoms with Crippen LogP contribution < -0.4 is 10.6 Å². The summed E-state index contributed by atoms with van der Waals surface area (Å²) in [5, 5.41) is 5.92. The number of anilines is 1. The van der Waals surface area contributed by atoms with Crippen LogP contribution in [0.5, 0.6) is 0 Å². The Bertz CT molecular complexity index is 447. The van der Waals surface area contributed by atoms with E-state index >= 15 is 0 Å². The number of carbonyl (C=O) groups excluding carboxylic acids is 1. The molecule has 1 heterocycles. The second-order valence-corrected chi connectivity index (χ2v) is 5.34. The van der Waals surface area contributed by atoms with E-state index < -0.39 is 0 Å². The summed E-state index contributed by atoms with van der Waals surface area (Å²) in [5.41, 5.74) is 1.55. The van der Waals surface area contributed by atoms with Gasteiger partial charge in [-0.2, -0.15) is 0 Å². The molecule has 0 spiro atoms. The molecule has 1 atom stereocenters. The molecule has 5 heteroatoms. The van der Waals surface area contributed by atoms with Gasteiger partial charge in [-0.25, -0.2) is 4.98 Å². The van der Waals surface area contributed by atoms with Gasteiger partial charge >= 0.3 is 0 Å². The number of hydrogen-bond acceptors (Lipinski definition) is 4. The Hall–Kier alpha value is -1.62. The smallest absolute Gasteiger partial charge is 0.251 e. The number of aromatic nitrogens is 1. The first-order chi connectivity index (χ1) is 9.47. The van der Waals surface area contributed by atoms with Crippen molar-refractivity contribution >= 4 is 11.7 Å². The van der Waals surface area contributed by atoms with Crippen LogP contribution >= 0.6 is 0 Å². The summed E-state index contributed by atoms with van der Waals surface area (Å²) in [6.45, 7) is 7.39. The van der Waals surface area contributed by atoms with Crippen LogP contribution in [-0.4, -0.2) is 38.2 Å². The molecule has 1 aromatic heterocycles. The maximum atomic E-state index is 12.2. The minimum atomic E-state index is -0.0752. The molecule has 0 aliphatic carbocycles. The van der Waals surface area contributed by atoms with Gasteiger partial charge in [0, 0.05) is 32.0 Å². The van der Waals surface area contributed by atoms with E-state index in [0.717, 1.165) is 5.69 Å². The summed E-state index contributed by atoms with van der Waals surface area (Å²) in [6.07, 6.45) is 0. The van der Waals surface area contributed by atoms with Crippen LogP contribution in [0.4, 0.5) is 5.82 Å². The Morgan fingerprint density at radius 3 is 2.60 bits per heavy atom. The van der Waals surface area contributed by atoms with Crippen molar-refractivity contribution in [2.45, 2.75) is 26.7 Å². The highest BCUT2D eigenvalue weighted by Gasteiger charge is 2.12. The number of pyridine rings is 1. The molecule has 5 nitrogen and oxygen atoms in total. The zero-order valence-corrected chi connectivity index (χ0v) is 13.0. The molecule has 0 aromatic carbocycles. The predicted octanol–water partition coefficient (Wildman–Crippen LogP) is 2.26. The molecule has 0 bridgehead atoms. The number of nitrogens with one attached hydrogen (secondary N) is 2. The van der Waals surface area contributed by atoms with Gasteiger partial charge < -0.3 is 15.4 Å². The quantitative estimate of drug-likeness (QED) is 0.803. The second-order valence-electron chi connectivity index (χ2n) is 5.34. The highest BCUT2D eigenvalue weighted by Crippen LogP contribution is 2.17. The fourth-order valence-electron chi connectivity index (χ4n) is 1.82. The molecule has 1 amide bonds. The van der Waals surface area contributed by atoms with Crippen molar-refractivity contribution in [3.05, 3.63) is 23.4 Å². The Kier molecular flexibility index (Phi) is 6.45. The molecule has 1 unspecified atom stereocenters. The first kappa shape index (κ1) is 16.4. The lowest BCUT2D eigenvalue weighted by Crippen LogP contribution is -2.30. The normalized spacial score (nSPS) is 12.3. The zero-order valence-electron chi connectivity index (χ0n) is 13.0. The summed E-state index contributed by atoms with van der Waals surface area (Å²) >= 11 is 0. The van der Waals surface area contributed by atoms with Gasteiger partial charge in [0.25, 0.3) is 5.91 Å². The van der Waals surface area contributed by atoms with Gasteiger partial charge in [0.15, 0.2) is 0 Å². The molecule has 20 heavy (non-hydrogen) atoms. The van der Waals surface area contributed by atoms with Crippen molar-refractivity contribution in [1.29, 1.82) is 0 Å². The van der Waals surface area contributed by atoms with E-state index in [1.807, 2.05) is 13.0 Å². The monoisotopic (exact) mass is 279 g/mol. The van der Waals surface area contributed by atoms with Gasteiger partial charge in [0.1, 0.15) is 5.82 Å². The topological polar surface area (TPSA) is 63.2 Å². The first-order valence-corrected chi connectivity index (χ1v) is 6.94. The highest BCUT2D eigenvalue weighted by molar-refractivity contribution is 5.95. The highest BCUT2D eigenvalue weighted by atomic mass is 16.5. The molecule has 0 aliphatic heterocycles. The lowest BCUT2D eigenvalue weighted by Gasteiger charge is -2.13. The number of hydrogen-bond donors (Lipinski definition) is 2. The third-order valence-corrected chi connectivity index (χ3v) is 3.02. The molecule has 1 rings (SSSR count). The maximum absolute atomic E-state index is 12.2. The van der Waals surface area contributed by atoms with Crippen LogP contribution in [0.2, 0.25) is 0 Å². The number of nitrogens with zero attached hydrogens (tertiary/aromatic N) is 1. The summed E-state index contributed by atoms with van der Waals surface area (Å²) in [7, 11) is 3.46. The number of amides is 1. The fraction of sp³-hybridized carbons (Fsp3) is 0.600. The third kappa shape index (κ3) is 4.81. The SMILES string of the molecule is CNc1cc(C(=O)NCC(C)COC)cc(C(C)C)n1. The molecule has 0 aliphatic rings. The number of rotatable bonds is 7. The Morgan fingerprint density at radius 1 is 1.35 bits per heavy atom. The minimum Gasteiger partial charge on any atom is -0.384 e. The molecule has 112 valence electrons. The van der Waals surface area contributed by atoms with Crippen LogP contribution in [0.15, 0.2) is 12.1 Å². The van der Waals surface area contributed by atoms with Gasteiger partial charge in [-0.15, -0.1) is 0 Å². The molecule has 1 aromatic rings. The first-order valence-electron chi connectivity index (χ1n) is 6.94. The van der Waals surface area contributed by atoms with Gasteiger partial charge in [-0.1, -0.05) is 20.8 Å². The van der Waals surface area contributed by atoms with E-state index in [1.165, 1.54) is 0 Å². The Balaban J connectivity index is 2.79. The molecule has 0 radical (unpaired) electrons.